The monoisotopic (exact) mass is 251 g/mol. The van der Waals surface area contributed by atoms with Gasteiger partial charge in [0, 0.05) is 25.2 Å². The van der Waals surface area contributed by atoms with Gasteiger partial charge in [-0.3, -0.25) is 9.48 Å². The van der Waals surface area contributed by atoms with Crippen LogP contribution in [0.4, 0.5) is 0 Å². The quantitative estimate of drug-likeness (QED) is 0.824. The van der Waals surface area contributed by atoms with Crippen molar-refractivity contribution < 1.29 is 9.90 Å². The summed E-state index contributed by atoms with van der Waals surface area (Å²) in [5.74, 6) is 0.0644. The fourth-order valence-corrected chi connectivity index (χ4v) is 2.42. The lowest BCUT2D eigenvalue weighted by atomic mass is 9.89. The molecule has 0 atom stereocenters. The van der Waals surface area contributed by atoms with Gasteiger partial charge in [0.05, 0.1) is 11.8 Å². The maximum atomic E-state index is 11.7. The van der Waals surface area contributed by atoms with E-state index in [1.807, 2.05) is 25.6 Å². The van der Waals surface area contributed by atoms with E-state index in [2.05, 4.69) is 10.4 Å². The summed E-state index contributed by atoms with van der Waals surface area (Å²) in [6.45, 7) is 4.00. The fraction of sp³-hybridized carbons (Fsp3) is 0.692. The van der Waals surface area contributed by atoms with E-state index in [0.29, 0.717) is 19.3 Å². The van der Waals surface area contributed by atoms with Gasteiger partial charge in [0.2, 0.25) is 5.91 Å². The summed E-state index contributed by atoms with van der Waals surface area (Å²) in [6.07, 6.45) is 2.37. The molecule has 1 heterocycles. The summed E-state index contributed by atoms with van der Waals surface area (Å²) in [4.78, 5) is 11.7. The number of carbonyl (C=O) groups excluding carboxylic acids is 1. The second kappa shape index (κ2) is 5.10. The molecule has 0 bridgehead atoms. The Balaban J connectivity index is 1.82. The van der Waals surface area contributed by atoms with Crippen LogP contribution in [0.1, 0.15) is 36.2 Å². The molecule has 1 aliphatic rings. The largest absolute Gasteiger partial charge is 0.393 e. The third kappa shape index (κ3) is 2.72. The van der Waals surface area contributed by atoms with Gasteiger partial charge in [-0.25, -0.2) is 0 Å². The molecule has 1 aromatic heterocycles. The second-order valence-corrected chi connectivity index (χ2v) is 5.16. The van der Waals surface area contributed by atoms with Crippen molar-refractivity contribution in [3.63, 3.8) is 0 Å². The molecular weight excluding hydrogens is 230 g/mol. The molecule has 5 nitrogen and oxygen atoms in total. The van der Waals surface area contributed by atoms with Crippen molar-refractivity contribution in [3.8, 4) is 0 Å². The molecule has 1 aromatic rings. The molecule has 2 rings (SSSR count). The summed E-state index contributed by atoms with van der Waals surface area (Å²) in [5, 5.41) is 16.4. The maximum Gasteiger partial charge on any atom is 0.220 e. The number of nitrogens with one attached hydrogen (secondary N) is 1. The Hall–Kier alpha value is -1.36. The lowest BCUT2D eigenvalue weighted by Gasteiger charge is -2.31. The Kier molecular flexibility index (Phi) is 3.71. The topological polar surface area (TPSA) is 67.2 Å². The smallest absolute Gasteiger partial charge is 0.220 e. The Morgan fingerprint density at radius 1 is 1.50 bits per heavy atom. The number of aromatic nitrogens is 2. The van der Waals surface area contributed by atoms with Gasteiger partial charge in [-0.05, 0) is 38.7 Å². The number of nitrogens with zero attached hydrogens (tertiary/aromatic N) is 2. The van der Waals surface area contributed by atoms with Crippen LogP contribution in [0.3, 0.4) is 0 Å². The zero-order chi connectivity index (χ0) is 13.3. The van der Waals surface area contributed by atoms with Gasteiger partial charge in [0.1, 0.15) is 0 Å². The van der Waals surface area contributed by atoms with Crippen LogP contribution >= 0.6 is 0 Å². The minimum atomic E-state index is -0.224. The molecule has 1 amide bonds. The third-order valence-corrected chi connectivity index (χ3v) is 3.74. The van der Waals surface area contributed by atoms with Gasteiger partial charge < -0.3 is 10.4 Å². The molecule has 0 spiro atoms. The highest BCUT2D eigenvalue weighted by Crippen LogP contribution is 2.20. The van der Waals surface area contributed by atoms with E-state index in [-0.39, 0.29) is 18.1 Å². The fourth-order valence-electron chi connectivity index (χ4n) is 2.42. The summed E-state index contributed by atoms with van der Waals surface area (Å²) in [6, 6.07) is 0.170. The molecule has 18 heavy (non-hydrogen) atoms. The van der Waals surface area contributed by atoms with Crippen molar-refractivity contribution in [3.05, 3.63) is 17.0 Å². The molecule has 5 heteroatoms. The van der Waals surface area contributed by atoms with Crippen LogP contribution in [0.5, 0.6) is 0 Å². The SMILES string of the molecule is Cc1nn(C)c(C)c1CCC(=O)NC1CC(O)C1. The predicted octanol–water partition coefficient (Wildman–Crippen LogP) is 0.609. The van der Waals surface area contributed by atoms with Crippen LogP contribution in [0.25, 0.3) is 0 Å². The van der Waals surface area contributed by atoms with Crippen LogP contribution in [0.15, 0.2) is 0 Å². The van der Waals surface area contributed by atoms with Gasteiger partial charge in [0.15, 0.2) is 0 Å². The van der Waals surface area contributed by atoms with Gasteiger partial charge >= 0.3 is 0 Å². The van der Waals surface area contributed by atoms with Crippen molar-refractivity contribution in [1.82, 2.24) is 15.1 Å². The molecule has 0 unspecified atom stereocenters. The van der Waals surface area contributed by atoms with Gasteiger partial charge in [0.25, 0.3) is 0 Å². The number of aliphatic hydroxyl groups is 1. The minimum absolute atomic E-state index is 0.0644. The highest BCUT2D eigenvalue weighted by molar-refractivity contribution is 5.76. The second-order valence-electron chi connectivity index (χ2n) is 5.16. The number of aliphatic hydroxyl groups excluding tert-OH is 1. The highest BCUT2D eigenvalue weighted by atomic mass is 16.3. The first-order valence-electron chi connectivity index (χ1n) is 6.44. The van der Waals surface area contributed by atoms with Gasteiger partial charge in [-0.15, -0.1) is 0 Å². The first kappa shape index (κ1) is 13.1. The molecule has 2 N–H and O–H groups in total. The average molecular weight is 251 g/mol. The van der Waals surface area contributed by atoms with E-state index in [4.69, 9.17) is 5.11 Å². The van der Waals surface area contributed by atoms with Crippen molar-refractivity contribution in [2.75, 3.05) is 0 Å². The van der Waals surface area contributed by atoms with E-state index < -0.39 is 0 Å². The third-order valence-electron chi connectivity index (χ3n) is 3.74. The van der Waals surface area contributed by atoms with E-state index in [1.165, 1.54) is 5.56 Å². The molecule has 100 valence electrons. The lowest BCUT2D eigenvalue weighted by molar-refractivity contribution is -0.123. The zero-order valence-electron chi connectivity index (χ0n) is 11.2. The number of hydrogen-bond donors (Lipinski definition) is 2. The van der Waals surface area contributed by atoms with Crippen molar-refractivity contribution in [1.29, 1.82) is 0 Å². The normalized spacial score (nSPS) is 22.7. The molecule has 0 aliphatic heterocycles. The number of aryl methyl sites for hydroxylation is 2. The van der Waals surface area contributed by atoms with Crippen molar-refractivity contribution in [2.24, 2.45) is 7.05 Å². The van der Waals surface area contributed by atoms with Crippen LogP contribution in [-0.2, 0) is 18.3 Å². The van der Waals surface area contributed by atoms with Crippen molar-refractivity contribution in [2.45, 2.75) is 51.7 Å². The Labute approximate surface area is 107 Å². The lowest BCUT2D eigenvalue weighted by Crippen LogP contribution is -2.46. The minimum Gasteiger partial charge on any atom is -0.393 e. The average Bonchev–Trinajstić information content (AvgIpc) is 2.49. The van der Waals surface area contributed by atoms with Crippen molar-refractivity contribution >= 4 is 5.91 Å². The number of hydrogen-bond acceptors (Lipinski definition) is 3. The maximum absolute atomic E-state index is 11.7. The van der Waals surface area contributed by atoms with Gasteiger partial charge in [-0.2, -0.15) is 5.10 Å². The Morgan fingerprint density at radius 2 is 2.17 bits per heavy atom. The molecule has 1 fully saturated rings. The number of rotatable bonds is 4. The Bertz CT molecular complexity index is 447. The van der Waals surface area contributed by atoms with E-state index >= 15 is 0 Å². The molecule has 1 aliphatic carbocycles. The number of carbonyl (C=O) groups is 1. The Morgan fingerprint density at radius 3 is 2.67 bits per heavy atom. The van der Waals surface area contributed by atoms with E-state index in [1.54, 1.807) is 0 Å². The summed E-state index contributed by atoms with van der Waals surface area (Å²) in [5.41, 5.74) is 3.29. The van der Waals surface area contributed by atoms with Gasteiger partial charge in [-0.1, -0.05) is 0 Å². The molecule has 1 saturated carbocycles. The van der Waals surface area contributed by atoms with Crippen LogP contribution in [0, 0.1) is 13.8 Å². The van der Waals surface area contributed by atoms with Crippen LogP contribution in [-0.4, -0.2) is 32.9 Å². The number of amides is 1. The van der Waals surface area contributed by atoms with E-state index in [9.17, 15) is 4.79 Å². The molecular formula is C13H21N3O2. The van der Waals surface area contributed by atoms with Crippen LogP contribution in [0.2, 0.25) is 0 Å². The first-order chi connectivity index (χ1) is 8.47. The first-order valence-corrected chi connectivity index (χ1v) is 6.44. The van der Waals surface area contributed by atoms with E-state index in [0.717, 1.165) is 17.8 Å². The highest BCUT2D eigenvalue weighted by Gasteiger charge is 2.28. The standard InChI is InChI=1S/C13H21N3O2/c1-8-12(9(2)16(3)15-8)4-5-13(18)14-10-6-11(17)7-10/h10-11,17H,4-7H2,1-3H3,(H,14,18). The summed E-state index contributed by atoms with van der Waals surface area (Å²) in [7, 11) is 1.92. The molecule has 0 radical (unpaired) electrons. The predicted molar refractivity (Wildman–Crippen MR) is 68.2 cm³/mol. The summed E-state index contributed by atoms with van der Waals surface area (Å²) < 4.78 is 1.85. The molecule has 0 aromatic carbocycles. The molecule has 0 saturated heterocycles. The van der Waals surface area contributed by atoms with Crippen LogP contribution < -0.4 is 5.32 Å². The summed E-state index contributed by atoms with van der Waals surface area (Å²) >= 11 is 0. The zero-order valence-corrected chi connectivity index (χ0v) is 11.2.